The Labute approximate surface area is 196 Å². The van der Waals surface area contributed by atoms with Crippen molar-refractivity contribution in [3.8, 4) is 0 Å². The van der Waals surface area contributed by atoms with Gasteiger partial charge in [-0.3, -0.25) is 4.79 Å². The number of methoxy groups -OCH3 is 1. The monoisotopic (exact) mass is 470 g/mol. The van der Waals surface area contributed by atoms with Gasteiger partial charge in [0.1, 0.15) is 5.15 Å². The second-order valence-electron chi connectivity index (χ2n) is 6.97. The fraction of sp³-hybridized carbons (Fsp3) is 0.217. The number of hydrogen-bond donors (Lipinski definition) is 3. The van der Waals surface area contributed by atoms with Gasteiger partial charge in [-0.05, 0) is 36.3 Å². The Hall–Kier alpha value is -3.23. The molecule has 0 aliphatic carbocycles. The largest absolute Gasteiger partial charge is 0.466 e. The van der Waals surface area contributed by atoms with Gasteiger partial charge >= 0.3 is 5.97 Å². The van der Waals surface area contributed by atoms with Crippen molar-refractivity contribution in [3.05, 3.63) is 76.9 Å². The molecule has 166 valence electrons. The van der Waals surface area contributed by atoms with Crippen LogP contribution < -0.4 is 16.0 Å². The van der Waals surface area contributed by atoms with Crippen molar-refractivity contribution in [1.29, 1.82) is 0 Å². The van der Waals surface area contributed by atoms with Gasteiger partial charge in [0, 0.05) is 23.9 Å². The second-order valence-corrected chi connectivity index (χ2v) is 7.73. The number of halogens is 1. The molecule has 0 saturated carbocycles. The van der Waals surface area contributed by atoms with Crippen LogP contribution in [0, 0.1) is 0 Å². The highest BCUT2D eigenvalue weighted by molar-refractivity contribution is 7.80. The molecule has 1 heterocycles. The second kappa shape index (κ2) is 11.4. The van der Waals surface area contributed by atoms with Crippen LogP contribution in [0.1, 0.15) is 17.5 Å². The molecule has 1 atom stereocenters. The molecule has 0 bridgehead atoms. The van der Waals surface area contributed by atoms with Crippen molar-refractivity contribution >= 4 is 51.7 Å². The zero-order chi connectivity index (χ0) is 22.9. The molecule has 0 saturated heterocycles. The van der Waals surface area contributed by atoms with Crippen molar-refractivity contribution in [2.75, 3.05) is 7.11 Å². The minimum Gasteiger partial charge on any atom is -0.466 e. The van der Waals surface area contributed by atoms with Crippen molar-refractivity contribution < 1.29 is 14.3 Å². The number of nitrogens with one attached hydrogen (secondary N) is 3. The molecular formula is C23H23ClN4O3S. The highest BCUT2D eigenvalue weighted by Crippen LogP contribution is 2.20. The number of esters is 1. The molecule has 0 radical (unpaired) electrons. The van der Waals surface area contributed by atoms with Crippen LogP contribution in [-0.2, 0) is 27.3 Å². The lowest BCUT2D eigenvalue weighted by atomic mass is 10.1. The van der Waals surface area contributed by atoms with E-state index in [2.05, 4.69) is 20.9 Å². The molecule has 3 rings (SSSR count). The first-order chi connectivity index (χ1) is 15.5. The number of pyridine rings is 1. The average Bonchev–Trinajstić information content (AvgIpc) is 2.81. The molecule has 1 aromatic heterocycles. The minimum atomic E-state index is -1.12. The average molecular weight is 471 g/mol. The number of benzene rings is 2. The molecular weight excluding hydrogens is 448 g/mol. The van der Waals surface area contributed by atoms with E-state index in [0.29, 0.717) is 18.1 Å². The molecule has 0 fully saturated rings. The number of carbonyl (C=O) groups is 2. The predicted molar refractivity (Wildman–Crippen MR) is 128 cm³/mol. The van der Waals surface area contributed by atoms with Crippen molar-refractivity contribution in [1.82, 2.24) is 20.9 Å². The summed E-state index contributed by atoms with van der Waals surface area (Å²) in [6, 6.07) is 19.2. The maximum Gasteiger partial charge on any atom is 0.349 e. The number of aromatic nitrogens is 1. The van der Waals surface area contributed by atoms with Crippen molar-refractivity contribution in [2.24, 2.45) is 0 Å². The number of para-hydroxylation sites is 1. The molecule has 0 aliphatic rings. The van der Waals surface area contributed by atoms with Gasteiger partial charge in [-0.2, -0.15) is 0 Å². The number of amides is 1. The molecule has 3 aromatic rings. The van der Waals surface area contributed by atoms with Gasteiger partial charge in [-0.25, -0.2) is 9.78 Å². The predicted octanol–water partition coefficient (Wildman–Crippen LogP) is 3.10. The lowest BCUT2D eigenvalue weighted by molar-refractivity contribution is -0.145. The van der Waals surface area contributed by atoms with Gasteiger partial charge in [0.15, 0.2) is 5.11 Å². The van der Waals surface area contributed by atoms with Crippen LogP contribution in [0.25, 0.3) is 10.9 Å². The van der Waals surface area contributed by atoms with E-state index in [1.54, 1.807) is 0 Å². The number of fused-ring (bicyclic) bond motifs is 1. The molecule has 0 aliphatic heterocycles. The first-order valence-corrected chi connectivity index (χ1v) is 10.7. The summed E-state index contributed by atoms with van der Waals surface area (Å²) in [5.41, 5.74) is 2.57. The first kappa shape index (κ1) is 23.4. The van der Waals surface area contributed by atoms with Crippen LogP contribution in [0.2, 0.25) is 5.15 Å². The van der Waals surface area contributed by atoms with Crippen LogP contribution >= 0.6 is 23.8 Å². The summed E-state index contributed by atoms with van der Waals surface area (Å²) >= 11 is 11.6. The SMILES string of the molecule is COC(=O)C(NC(=O)CCc1ccccc1)NC(=S)NCc1cc2ccccc2nc1Cl. The Morgan fingerprint density at radius 3 is 2.56 bits per heavy atom. The standard InChI is InChI=1S/C23H23ClN4O3S/c1-31-22(30)21(27-19(29)12-11-15-7-3-2-4-8-15)28-23(32)25-14-17-13-16-9-5-6-10-18(16)26-20(17)24/h2-10,13,21H,11-12,14H2,1H3,(H,27,29)(H2,25,28,32). The molecule has 2 aromatic carbocycles. The summed E-state index contributed by atoms with van der Waals surface area (Å²) in [6.07, 6.45) is -0.345. The third-order valence-corrected chi connectivity index (χ3v) is 5.28. The van der Waals surface area contributed by atoms with Gasteiger partial charge in [0.25, 0.3) is 0 Å². The maximum absolute atomic E-state index is 12.3. The smallest absolute Gasteiger partial charge is 0.349 e. The molecule has 32 heavy (non-hydrogen) atoms. The topological polar surface area (TPSA) is 92.3 Å². The Kier molecular flexibility index (Phi) is 8.35. The number of hydrogen-bond acceptors (Lipinski definition) is 5. The first-order valence-electron chi connectivity index (χ1n) is 9.96. The van der Waals surface area contributed by atoms with Crippen LogP contribution in [0.5, 0.6) is 0 Å². The van der Waals surface area contributed by atoms with Crippen LogP contribution in [0.15, 0.2) is 60.7 Å². The number of rotatable bonds is 8. The lowest BCUT2D eigenvalue weighted by Gasteiger charge is -2.20. The summed E-state index contributed by atoms with van der Waals surface area (Å²) in [6.45, 7) is 0.290. The quantitative estimate of drug-likeness (QED) is 0.201. The van der Waals surface area contributed by atoms with Gasteiger partial charge in [0.2, 0.25) is 12.1 Å². The molecule has 0 spiro atoms. The van der Waals surface area contributed by atoms with Crippen molar-refractivity contribution in [3.63, 3.8) is 0 Å². The van der Waals surface area contributed by atoms with Crippen LogP contribution in [0.4, 0.5) is 0 Å². The normalized spacial score (nSPS) is 11.4. The molecule has 1 amide bonds. The minimum absolute atomic E-state index is 0.160. The van der Waals surface area contributed by atoms with E-state index in [1.807, 2.05) is 60.7 Å². The van der Waals surface area contributed by atoms with E-state index in [-0.39, 0.29) is 17.4 Å². The third kappa shape index (κ3) is 6.63. The Bertz CT molecular complexity index is 1110. The third-order valence-electron chi connectivity index (χ3n) is 4.69. The van der Waals surface area contributed by atoms with Gasteiger partial charge in [0.05, 0.1) is 12.6 Å². The Morgan fingerprint density at radius 2 is 1.81 bits per heavy atom. The molecule has 9 heteroatoms. The highest BCUT2D eigenvalue weighted by atomic mass is 35.5. The fourth-order valence-corrected chi connectivity index (χ4v) is 3.43. The summed E-state index contributed by atoms with van der Waals surface area (Å²) in [4.78, 5) is 28.8. The fourth-order valence-electron chi connectivity index (χ4n) is 3.03. The summed E-state index contributed by atoms with van der Waals surface area (Å²) < 4.78 is 4.77. The van der Waals surface area contributed by atoms with E-state index < -0.39 is 12.1 Å². The van der Waals surface area contributed by atoms with Crippen molar-refractivity contribution in [2.45, 2.75) is 25.6 Å². The number of thiocarbonyl (C=S) groups is 1. The van der Waals surface area contributed by atoms with E-state index in [1.165, 1.54) is 7.11 Å². The maximum atomic E-state index is 12.3. The lowest BCUT2D eigenvalue weighted by Crippen LogP contribution is -2.55. The molecule has 7 nitrogen and oxygen atoms in total. The van der Waals surface area contributed by atoms with Crippen LogP contribution in [0.3, 0.4) is 0 Å². The Morgan fingerprint density at radius 1 is 1.09 bits per heavy atom. The highest BCUT2D eigenvalue weighted by Gasteiger charge is 2.22. The number of aryl methyl sites for hydroxylation is 1. The van der Waals surface area contributed by atoms with Gasteiger partial charge in [-0.15, -0.1) is 0 Å². The van der Waals surface area contributed by atoms with E-state index in [4.69, 9.17) is 28.6 Å². The van der Waals surface area contributed by atoms with Gasteiger partial charge in [-0.1, -0.05) is 60.1 Å². The van der Waals surface area contributed by atoms with E-state index in [9.17, 15) is 9.59 Å². The summed E-state index contributed by atoms with van der Waals surface area (Å²) in [7, 11) is 1.24. The Balaban J connectivity index is 1.55. The van der Waals surface area contributed by atoms with E-state index in [0.717, 1.165) is 22.0 Å². The summed E-state index contributed by atoms with van der Waals surface area (Å²) in [5.74, 6) is -0.964. The molecule has 3 N–H and O–H groups in total. The number of nitrogens with zero attached hydrogens (tertiary/aromatic N) is 1. The summed E-state index contributed by atoms with van der Waals surface area (Å²) in [5, 5.41) is 9.84. The number of carbonyl (C=O) groups excluding carboxylic acids is 2. The van der Waals surface area contributed by atoms with Gasteiger partial charge < -0.3 is 20.7 Å². The van der Waals surface area contributed by atoms with E-state index >= 15 is 0 Å². The number of ether oxygens (including phenoxy) is 1. The zero-order valence-electron chi connectivity index (χ0n) is 17.4. The van der Waals surface area contributed by atoms with Crippen LogP contribution in [-0.4, -0.2) is 35.2 Å². The zero-order valence-corrected chi connectivity index (χ0v) is 19.0. The molecule has 1 unspecified atom stereocenters.